The monoisotopic (exact) mass is 403 g/mol. The van der Waals surface area contributed by atoms with E-state index >= 15 is 0 Å². The van der Waals surface area contributed by atoms with E-state index in [4.69, 9.17) is 0 Å². The molecular weight excluding hydrogens is 377 g/mol. The number of hydrogen-bond acceptors (Lipinski definition) is 4. The minimum absolute atomic E-state index is 0. The number of aliphatic imine (C=N–C) groups is 1. The van der Waals surface area contributed by atoms with Crippen LogP contribution in [-0.4, -0.2) is 49.7 Å². The van der Waals surface area contributed by atoms with Crippen molar-refractivity contribution in [3.63, 3.8) is 0 Å². The van der Waals surface area contributed by atoms with Crippen molar-refractivity contribution in [2.45, 2.75) is 31.9 Å². The van der Waals surface area contributed by atoms with Crippen molar-refractivity contribution in [2.75, 3.05) is 33.0 Å². The average Bonchev–Trinajstić information content (AvgIpc) is 2.35. The lowest BCUT2D eigenvalue weighted by Gasteiger charge is -2.20. The van der Waals surface area contributed by atoms with Crippen LogP contribution in [0, 0.1) is 0 Å². The Morgan fingerprint density at radius 2 is 2.00 bits per heavy atom. The van der Waals surface area contributed by atoms with Crippen LogP contribution in [0.5, 0.6) is 0 Å². The number of carbonyl (C=O) groups excluding carboxylic acids is 1. The lowest BCUT2D eigenvalue weighted by atomic mass is 10.2. The van der Waals surface area contributed by atoms with Gasteiger partial charge in [-0.3, -0.25) is 9.79 Å². The van der Waals surface area contributed by atoms with Gasteiger partial charge in [-0.25, -0.2) is 0 Å². The molecule has 0 bridgehead atoms. The Hall–Kier alpha value is -0.180. The standard InChI is InChI=1S/C12H25N3O2S.HI/c1-6-13-11(14-8-7-10(16)17-4)15-9-12(2,3)18-5;/h6-9H2,1-5H3,(H2,13,14,15);1H. The number of nitrogens with one attached hydrogen (secondary N) is 2. The molecule has 5 nitrogen and oxygen atoms in total. The number of thioether (sulfide) groups is 1. The van der Waals surface area contributed by atoms with Crippen LogP contribution in [0.25, 0.3) is 0 Å². The van der Waals surface area contributed by atoms with Crippen LogP contribution in [0.4, 0.5) is 0 Å². The van der Waals surface area contributed by atoms with Crippen LogP contribution >= 0.6 is 35.7 Å². The van der Waals surface area contributed by atoms with Crippen molar-refractivity contribution in [3.8, 4) is 0 Å². The zero-order valence-corrected chi connectivity index (χ0v) is 15.6. The predicted octanol–water partition coefficient (Wildman–Crippen LogP) is 1.86. The molecule has 0 amide bonds. The Balaban J connectivity index is 0. The summed E-state index contributed by atoms with van der Waals surface area (Å²) in [5.41, 5.74) is 0. The van der Waals surface area contributed by atoms with Crippen LogP contribution in [-0.2, 0) is 9.53 Å². The Bertz CT molecular complexity index is 286. The highest BCUT2D eigenvalue weighted by molar-refractivity contribution is 14.0. The Morgan fingerprint density at radius 1 is 1.37 bits per heavy atom. The lowest BCUT2D eigenvalue weighted by molar-refractivity contribution is -0.140. The van der Waals surface area contributed by atoms with Gasteiger partial charge in [0.25, 0.3) is 0 Å². The first-order valence-corrected chi connectivity index (χ1v) is 7.31. The summed E-state index contributed by atoms with van der Waals surface area (Å²) in [6.45, 7) is 8.36. The molecule has 0 atom stereocenters. The number of ether oxygens (including phenoxy) is 1. The average molecular weight is 403 g/mol. The summed E-state index contributed by atoms with van der Waals surface area (Å²) in [5, 5.41) is 6.26. The van der Waals surface area contributed by atoms with Gasteiger partial charge in [0.15, 0.2) is 5.96 Å². The first-order valence-electron chi connectivity index (χ1n) is 6.09. The number of rotatable bonds is 7. The third-order valence-electron chi connectivity index (χ3n) is 2.36. The molecule has 0 aliphatic rings. The molecule has 0 aliphatic heterocycles. The summed E-state index contributed by atoms with van der Waals surface area (Å²) in [6, 6.07) is 0. The van der Waals surface area contributed by atoms with Gasteiger partial charge in [-0.15, -0.1) is 24.0 Å². The molecule has 0 unspecified atom stereocenters. The smallest absolute Gasteiger partial charge is 0.307 e. The van der Waals surface area contributed by atoms with Crippen molar-refractivity contribution >= 4 is 47.7 Å². The lowest BCUT2D eigenvalue weighted by Crippen LogP contribution is -2.39. The molecule has 2 N–H and O–H groups in total. The van der Waals surface area contributed by atoms with Gasteiger partial charge < -0.3 is 15.4 Å². The maximum Gasteiger partial charge on any atom is 0.307 e. The van der Waals surface area contributed by atoms with E-state index in [1.54, 1.807) is 11.8 Å². The molecule has 0 fully saturated rings. The van der Waals surface area contributed by atoms with Gasteiger partial charge in [0, 0.05) is 17.8 Å². The summed E-state index contributed by atoms with van der Waals surface area (Å²) in [4.78, 5) is 15.5. The fraction of sp³-hybridized carbons (Fsp3) is 0.833. The Labute approximate surface area is 137 Å². The first kappa shape index (κ1) is 21.1. The van der Waals surface area contributed by atoms with E-state index < -0.39 is 0 Å². The maximum absolute atomic E-state index is 11.0. The van der Waals surface area contributed by atoms with E-state index in [9.17, 15) is 4.79 Å². The molecule has 0 aromatic heterocycles. The normalized spacial score (nSPS) is 11.5. The molecular formula is C12H26IN3O2S. The van der Waals surface area contributed by atoms with Crippen molar-refractivity contribution in [3.05, 3.63) is 0 Å². The maximum atomic E-state index is 11.0. The van der Waals surface area contributed by atoms with Crippen LogP contribution in [0.1, 0.15) is 27.2 Å². The van der Waals surface area contributed by atoms with Crippen molar-refractivity contribution < 1.29 is 9.53 Å². The number of nitrogens with zero attached hydrogens (tertiary/aromatic N) is 1. The van der Waals surface area contributed by atoms with Crippen molar-refractivity contribution in [1.29, 1.82) is 0 Å². The Morgan fingerprint density at radius 3 is 2.47 bits per heavy atom. The molecule has 7 heteroatoms. The quantitative estimate of drug-likeness (QED) is 0.294. The minimum atomic E-state index is -0.220. The molecule has 0 aliphatic carbocycles. The number of esters is 1. The number of guanidine groups is 1. The van der Waals surface area contributed by atoms with Crippen LogP contribution in [0.2, 0.25) is 0 Å². The van der Waals surface area contributed by atoms with Gasteiger partial charge >= 0.3 is 5.97 Å². The van der Waals surface area contributed by atoms with Gasteiger partial charge in [-0.1, -0.05) is 0 Å². The third kappa shape index (κ3) is 11.4. The topological polar surface area (TPSA) is 62.7 Å². The van der Waals surface area contributed by atoms with E-state index in [-0.39, 0.29) is 34.7 Å². The highest BCUT2D eigenvalue weighted by atomic mass is 127. The molecule has 0 radical (unpaired) electrons. The Kier molecular flexibility index (Phi) is 12.9. The summed E-state index contributed by atoms with van der Waals surface area (Å²) >= 11 is 1.78. The molecule has 19 heavy (non-hydrogen) atoms. The van der Waals surface area contributed by atoms with Gasteiger partial charge in [0.05, 0.1) is 20.1 Å². The van der Waals surface area contributed by atoms with Crippen LogP contribution in [0.15, 0.2) is 4.99 Å². The highest BCUT2D eigenvalue weighted by Gasteiger charge is 2.15. The van der Waals surface area contributed by atoms with Gasteiger partial charge in [-0.2, -0.15) is 11.8 Å². The number of methoxy groups -OCH3 is 1. The second-order valence-electron chi connectivity index (χ2n) is 4.41. The SMILES string of the molecule is CCNC(=NCC(C)(C)SC)NCCC(=O)OC.I. The van der Waals surface area contributed by atoms with Gasteiger partial charge in [0.2, 0.25) is 0 Å². The zero-order chi connectivity index (χ0) is 14.0. The van der Waals surface area contributed by atoms with Gasteiger partial charge in [-0.05, 0) is 27.0 Å². The zero-order valence-electron chi connectivity index (χ0n) is 12.4. The van der Waals surface area contributed by atoms with Crippen molar-refractivity contribution in [2.24, 2.45) is 4.99 Å². The van der Waals surface area contributed by atoms with Crippen LogP contribution in [0.3, 0.4) is 0 Å². The van der Waals surface area contributed by atoms with Gasteiger partial charge in [0.1, 0.15) is 0 Å². The molecule has 0 aromatic rings. The van der Waals surface area contributed by atoms with E-state index in [0.29, 0.717) is 13.0 Å². The first-order chi connectivity index (χ1) is 8.45. The largest absolute Gasteiger partial charge is 0.469 e. The molecule has 0 aromatic carbocycles. The molecule has 0 heterocycles. The molecule has 0 saturated carbocycles. The minimum Gasteiger partial charge on any atom is -0.469 e. The molecule has 0 saturated heterocycles. The second kappa shape index (κ2) is 11.6. The van der Waals surface area contributed by atoms with E-state index in [2.05, 4.69) is 40.5 Å². The number of hydrogen-bond donors (Lipinski definition) is 2. The molecule has 0 spiro atoms. The molecule has 114 valence electrons. The summed E-state index contributed by atoms with van der Waals surface area (Å²) in [5.74, 6) is 0.520. The van der Waals surface area contributed by atoms with E-state index in [0.717, 1.165) is 19.0 Å². The molecule has 0 rings (SSSR count). The van der Waals surface area contributed by atoms with Crippen LogP contribution < -0.4 is 10.6 Å². The fourth-order valence-corrected chi connectivity index (χ4v) is 1.25. The summed E-state index contributed by atoms with van der Waals surface area (Å²) in [6.07, 6.45) is 2.42. The number of carbonyl (C=O) groups is 1. The second-order valence-corrected chi connectivity index (χ2v) is 5.93. The summed E-state index contributed by atoms with van der Waals surface area (Å²) in [7, 11) is 1.39. The fourth-order valence-electron chi connectivity index (χ4n) is 1.06. The highest BCUT2D eigenvalue weighted by Crippen LogP contribution is 2.20. The summed E-state index contributed by atoms with van der Waals surface area (Å²) < 4.78 is 4.70. The van der Waals surface area contributed by atoms with E-state index in [1.807, 2.05) is 6.92 Å². The van der Waals surface area contributed by atoms with E-state index in [1.165, 1.54) is 7.11 Å². The number of halogens is 1. The van der Waals surface area contributed by atoms with Crippen molar-refractivity contribution in [1.82, 2.24) is 10.6 Å². The predicted molar refractivity (Wildman–Crippen MR) is 93.6 cm³/mol. The third-order valence-corrected chi connectivity index (χ3v) is 3.60.